The summed E-state index contributed by atoms with van der Waals surface area (Å²) < 4.78 is 12.6. The molecule has 35 heavy (non-hydrogen) atoms. The van der Waals surface area contributed by atoms with E-state index in [1.165, 1.54) is 6.92 Å². The lowest BCUT2D eigenvalue weighted by molar-refractivity contribution is -0.472. The molecule has 7 nitrogen and oxygen atoms in total. The van der Waals surface area contributed by atoms with E-state index in [4.69, 9.17) is 9.47 Å². The number of hydrogen-bond donors (Lipinski definition) is 1. The van der Waals surface area contributed by atoms with Gasteiger partial charge in [-0.2, -0.15) is 4.58 Å². The zero-order valence-electron chi connectivity index (χ0n) is 19.7. The fraction of sp³-hybridized carbons (Fsp3) is 0.214. The van der Waals surface area contributed by atoms with Crippen molar-refractivity contribution in [3.05, 3.63) is 90.5 Å². The summed E-state index contributed by atoms with van der Waals surface area (Å²) in [7, 11) is 0. The van der Waals surface area contributed by atoms with Crippen LogP contribution in [-0.4, -0.2) is 41.5 Å². The van der Waals surface area contributed by atoms with Gasteiger partial charge in [0, 0.05) is 12.1 Å². The van der Waals surface area contributed by atoms with Gasteiger partial charge in [0.05, 0.1) is 13.0 Å². The van der Waals surface area contributed by atoms with Gasteiger partial charge in [0.2, 0.25) is 0 Å². The van der Waals surface area contributed by atoms with Crippen LogP contribution in [0.15, 0.2) is 84.9 Å². The Balaban J connectivity index is 1.65. The number of para-hydroxylation sites is 1. The first-order valence-corrected chi connectivity index (χ1v) is 11.3. The lowest BCUT2D eigenvalue weighted by Gasteiger charge is -2.15. The van der Waals surface area contributed by atoms with E-state index in [9.17, 15) is 14.4 Å². The summed E-state index contributed by atoms with van der Waals surface area (Å²) in [5, 5.41) is 2.81. The van der Waals surface area contributed by atoms with Crippen molar-refractivity contribution in [2.45, 2.75) is 32.4 Å². The van der Waals surface area contributed by atoms with Crippen LogP contribution in [0.25, 0.3) is 0 Å². The standard InChI is InChI=1S/C28H28N2O5/c1-21(31)13-18-27(32)30(2)26(20-34-19-22-9-5-3-6-10-22)28(33)29-23-14-16-25(17-15-23)35-24-11-7-4-8-12-24/h3-12,14-17,26H,2,13,18-20H2,1H3/p+1. The number of rotatable bonds is 12. The van der Waals surface area contributed by atoms with E-state index >= 15 is 0 Å². The van der Waals surface area contributed by atoms with Gasteiger partial charge in [-0.3, -0.25) is 4.79 Å². The fourth-order valence-corrected chi connectivity index (χ4v) is 3.23. The van der Waals surface area contributed by atoms with Gasteiger partial charge in [0.25, 0.3) is 11.9 Å². The maximum Gasteiger partial charge on any atom is 0.387 e. The van der Waals surface area contributed by atoms with Crippen LogP contribution in [0.4, 0.5) is 5.69 Å². The first-order valence-electron chi connectivity index (χ1n) is 11.3. The molecule has 0 bridgehead atoms. The Morgan fingerprint density at radius 3 is 2.09 bits per heavy atom. The van der Waals surface area contributed by atoms with E-state index in [-0.39, 0.29) is 31.8 Å². The van der Waals surface area contributed by atoms with E-state index < -0.39 is 17.9 Å². The predicted octanol–water partition coefficient (Wildman–Crippen LogP) is 4.61. The topological polar surface area (TPSA) is 84.7 Å². The third-order valence-electron chi connectivity index (χ3n) is 5.18. The lowest BCUT2D eigenvalue weighted by atomic mass is 10.2. The largest absolute Gasteiger partial charge is 0.457 e. The number of nitrogens with one attached hydrogen (secondary N) is 1. The smallest absolute Gasteiger partial charge is 0.387 e. The number of benzene rings is 3. The van der Waals surface area contributed by atoms with Crippen molar-refractivity contribution in [3.8, 4) is 11.5 Å². The average molecular weight is 474 g/mol. The Bertz CT molecular complexity index is 1140. The van der Waals surface area contributed by atoms with E-state index in [1.54, 1.807) is 24.3 Å². The zero-order chi connectivity index (χ0) is 25.0. The number of carbonyl (C=O) groups is 3. The zero-order valence-corrected chi connectivity index (χ0v) is 19.7. The summed E-state index contributed by atoms with van der Waals surface area (Å²) in [6.45, 7) is 5.43. The van der Waals surface area contributed by atoms with Crippen molar-refractivity contribution < 1.29 is 28.4 Å². The van der Waals surface area contributed by atoms with Crippen LogP contribution >= 0.6 is 0 Å². The second kappa shape index (κ2) is 13.0. The molecule has 1 atom stereocenters. The number of nitrogens with zero attached hydrogens (tertiary/aromatic N) is 1. The molecule has 0 radical (unpaired) electrons. The highest BCUT2D eigenvalue weighted by atomic mass is 16.5. The van der Waals surface area contributed by atoms with Crippen LogP contribution in [0, 0.1) is 0 Å². The number of ether oxygens (including phenoxy) is 2. The molecule has 0 heterocycles. The number of ketones is 1. The van der Waals surface area contributed by atoms with E-state index in [1.807, 2.05) is 60.7 Å². The van der Waals surface area contributed by atoms with E-state index in [0.717, 1.165) is 10.1 Å². The molecule has 180 valence electrons. The summed E-state index contributed by atoms with van der Waals surface area (Å²) in [6, 6.07) is 24.8. The second-order valence-electron chi connectivity index (χ2n) is 8.01. The Morgan fingerprint density at radius 1 is 0.857 bits per heavy atom. The highest BCUT2D eigenvalue weighted by Crippen LogP contribution is 2.22. The molecule has 1 unspecified atom stereocenters. The van der Waals surface area contributed by atoms with Gasteiger partial charge in [-0.15, -0.1) is 0 Å². The van der Waals surface area contributed by atoms with E-state index in [0.29, 0.717) is 17.2 Å². The third-order valence-corrected chi connectivity index (χ3v) is 5.18. The van der Waals surface area contributed by atoms with Gasteiger partial charge in [-0.1, -0.05) is 48.5 Å². The van der Waals surface area contributed by atoms with Gasteiger partial charge in [0.1, 0.15) is 30.6 Å². The van der Waals surface area contributed by atoms with Gasteiger partial charge in [-0.05, 0) is 48.9 Å². The molecule has 0 aliphatic carbocycles. The lowest BCUT2D eigenvalue weighted by Crippen LogP contribution is -2.44. The third kappa shape index (κ3) is 8.32. The molecule has 3 aromatic carbocycles. The number of carbonyl (C=O) groups excluding carboxylic acids is 3. The minimum absolute atomic E-state index is 0.0210. The van der Waals surface area contributed by atoms with Gasteiger partial charge in [-0.25, -0.2) is 4.79 Å². The van der Waals surface area contributed by atoms with Gasteiger partial charge in [0.15, 0.2) is 0 Å². The number of amides is 2. The fourth-order valence-electron chi connectivity index (χ4n) is 3.23. The van der Waals surface area contributed by atoms with Crippen LogP contribution in [0.2, 0.25) is 0 Å². The highest BCUT2D eigenvalue weighted by Gasteiger charge is 2.33. The molecule has 0 aliphatic heterocycles. The van der Waals surface area contributed by atoms with Gasteiger partial charge >= 0.3 is 5.91 Å². The normalized spacial score (nSPS) is 11.3. The van der Waals surface area contributed by atoms with Crippen molar-refractivity contribution >= 4 is 30.0 Å². The van der Waals surface area contributed by atoms with Crippen LogP contribution in [-0.2, 0) is 25.7 Å². The van der Waals surface area contributed by atoms with Crippen LogP contribution in [0.5, 0.6) is 11.5 Å². The SMILES string of the molecule is C=[N+](C(=O)CCC(C)=O)C(COCc1ccccc1)C(=O)Nc1ccc(Oc2ccccc2)cc1. The first-order chi connectivity index (χ1) is 16.9. The average Bonchev–Trinajstić information content (AvgIpc) is 2.87. The molecule has 0 aliphatic rings. The maximum atomic E-state index is 13.1. The minimum atomic E-state index is -0.974. The van der Waals surface area contributed by atoms with Crippen LogP contribution in [0.3, 0.4) is 0 Å². The van der Waals surface area contributed by atoms with Crippen molar-refractivity contribution in [3.63, 3.8) is 0 Å². The Morgan fingerprint density at radius 2 is 1.46 bits per heavy atom. The number of Topliss-reactive ketones (excluding diaryl/α,β-unsaturated/α-hetero) is 1. The predicted molar refractivity (Wildman–Crippen MR) is 134 cm³/mol. The molecule has 0 aromatic heterocycles. The monoisotopic (exact) mass is 473 g/mol. The van der Waals surface area contributed by atoms with E-state index in [2.05, 4.69) is 12.0 Å². The van der Waals surface area contributed by atoms with Crippen molar-refractivity contribution in [2.24, 2.45) is 0 Å². The van der Waals surface area contributed by atoms with Crippen molar-refractivity contribution in [1.82, 2.24) is 0 Å². The summed E-state index contributed by atoms with van der Waals surface area (Å²) in [5.41, 5.74) is 1.48. The first kappa shape index (κ1) is 25.5. The molecule has 0 fully saturated rings. The highest BCUT2D eigenvalue weighted by molar-refractivity contribution is 5.95. The summed E-state index contributed by atoms with van der Waals surface area (Å²) in [4.78, 5) is 36.9. The van der Waals surface area contributed by atoms with Crippen molar-refractivity contribution in [1.29, 1.82) is 0 Å². The van der Waals surface area contributed by atoms with Crippen molar-refractivity contribution in [2.75, 3.05) is 11.9 Å². The molecular formula is C28H29N2O5+. The molecule has 7 heteroatoms. The minimum Gasteiger partial charge on any atom is -0.457 e. The summed E-state index contributed by atoms with van der Waals surface area (Å²) >= 11 is 0. The molecule has 1 N–H and O–H groups in total. The summed E-state index contributed by atoms with van der Waals surface area (Å²) in [6.07, 6.45) is 0.0692. The molecular weight excluding hydrogens is 444 g/mol. The molecule has 3 aromatic rings. The molecule has 0 saturated carbocycles. The quantitative estimate of drug-likeness (QED) is 0.307. The number of anilines is 1. The van der Waals surface area contributed by atoms with Gasteiger partial charge < -0.3 is 19.6 Å². The number of hydrogen-bond acceptors (Lipinski definition) is 5. The Hall–Kier alpha value is -4.10. The van der Waals surface area contributed by atoms with Crippen LogP contribution in [0.1, 0.15) is 25.3 Å². The maximum absolute atomic E-state index is 13.1. The molecule has 0 saturated heterocycles. The second-order valence-corrected chi connectivity index (χ2v) is 8.01. The Labute approximate surface area is 205 Å². The molecule has 3 rings (SSSR count). The summed E-state index contributed by atoms with van der Waals surface area (Å²) in [5.74, 6) is 0.369. The molecule has 0 spiro atoms. The van der Waals surface area contributed by atoms with Crippen LogP contribution < -0.4 is 10.1 Å². The Kier molecular flexibility index (Phi) is 9.45. The molecule has 2 amide bonds.